The van der Waals surface area contributed by atoms with Crippen LogP contribution in [-0.2, 0) is 22.9 Å². The molecule has 1 fully saturated rings. The van der Waals surface area contributed by atoms with E-state index in [1.54, 1.807) is 4.90 Å². The van der Waals surface area contributed by atoms with Crippen LogP contribution in [0.15, 0.2) is 10.2 Å². The molecule has 1 aromatic rings. The highest BCUT2D eigenvalue weighted by atomic mass is 32.2. The van der Waals surface area contributed by atoms with Gasteiger partial charge in [0, 0.05) is 18.0 Å². The summed E-state index contributed by atoms with van der Waals surface area (Å²) in [6.45, 7) is 0.591. The van der Waals surface area contributed by atoms with Crippen LogP contribution in [0.4, 0.5) is 13.2 Å². The first-order valence-corrected chi connectivity index (χ1v) is 9.28. The summed E-state index contributed by atoms with van der Waals surface area (Å²) in [6, 6.07) is -0.354. The predicted molar refractivity (Wildman–Crippen MR) is 76.2 cm³/mol. The minimum absolute atomic E-state index is 0.195. The third kappa shape index (κ3) is 4.54. The topological polar surface area (TPSA) is 71.4 Å². The van der Waals surface area contributed by atoms with Crippen LogP contribution in [0, 0.1) is 0 Å². The van der Waals surface area contributed by atoms with Gasteiger partial charge in [-0.3, -0.25) is 14.3 Å². The number of hydrogen-bond donors (Lipinski definition) is 1. The van der Waals surface area contributed by atoms with Crippen LogP contribution >= 0.6 is 11.3 Å². The van der Waals surface area contributed by atoms with Crippen molar-refractivity contribution in [3.05, 3.63) is 20.7 Å². The summed E-state index contributed by atoms with van der Waals surface area (Å²) >= 11 is 0.507. The molecule has 0 aromatic carbocycles. The van der Waals surface area contributed by atoms with Crippen LogP contribution in [0.2, 0.25) is 0 Å². The van der Waals surface area contributed by atoms with Crippen molar-refractivity contribution in [3.63, 3.8) is 0 Å². The Morgan fingerprint density at radius 1 is 1.45 bits per heavy atom. The first-order chi connectivity index (χ1) is 10.1. The van der Waals surface area contributed by atoms with Gasteiger partial charge in [-0.05, 0) is 19.4 Å². The second-order valence-electron chi connectivity index (χ2n) is 5.26. The molecule has 0 aliphatic carbocycles. The van der Waals surface area contributed by atoms with Crippen molar-refractivity contribution in [1.29, 1.82) is 0 Å². The van der Waals surface area contributed by atoms with E-state index in [0.717, 1.165) is 11.6 Å². The van der Waals surface area contributed by atoms with Crippen molar-refractivity contribution in [2.75, 3.05) is 19.3 Å². The quantitative estimate of drug-likeness (QED) is 0.867. The van der Waals surface area contributed by atoms with E-state index in [9.17, 15) is 26.4 Å². The third-order valence-electron chi connectivity index (χ3n) is 3.30. The highest BCUT2D eigenvalue weighted by molar-refractivity contribution is 7.88. The lowest BCUT2D eigenvalue weighted by Crippen LogP contribution is -2.48. The minimum atomic E-state index is -4.58. The smallest absolute Gasteiger partial charge is 0.284 e. The van der Waals surface area contributed by atoms with Crippen LogP contribution in [0.3, 0.4) is 0 Å². The molecule has 1 aliphatic heterocycles. The maximum Gasteiger partial charge on any atom is 0.432 e. The van der Waals surface area contributed by atoms with E-state index in [4.69, 9.17) is 0 Å². The molecule has 1 aromatic heterocycles. The Hall–Kier alpha value is -0.910. The average Bonchev–Trinajstić information content (AvgIpc) is 2.69. The Balaban J connectivity index is 2.11. The van der Waals surface area contributed by atoms with Crippen molar-refractivity contribution >= 4 is 21.4 Å². The Labute approximate surface area is 129 Å². The molecule has 0 amide bonds. The third-order valence-corrected chi connectivity index (χ3v) is 4.83. The molecule has 126 valence electrons. The predicted octanol–water partition coefficient (Wildman–Crippen LogP) is 0.900. The maximum atomic E-state index is 12.9. The van der Waals surface area contributed by atoms with Crippen LogP contribution < -0.4 is 9.60 Å². The van der Waals surface area contributed by atoms with Crippen molar-refractivity contribution in [3.8, 4) is 0 Å². The van der Waals surface area contributed by atoms with Gasteiger partial charge in [-0.2, -0.15) is 13.2 Å². The second-order valence-corrected chi connectivity index (χ2v) is 7.86. The first kappa shape index (κ1) is 17.4. The van der Waals surface area contributed by atoms with Gasteiger partial charge in [0.1, 0.15) is 5.69 Å². The summed E-state index contributed by atoms with van der Waals surface area (Å²) in [5, 5.41) is 0.804. The van der Waals surface area contributed by atoms with E-state index in [2.05, 4.69) is 4.72 Å². The van der Waals surface area contributed by atoms with Gasteiger partial charge in [-0.15, -0.1) is 0 Å². The minimum Gasteiger partial charge on any atom is -0.284 e. The molecule has 1 saturated heterocycles. The van der Waals surface area contributed by atoms with E-state index in [-0.39, 0.29) is 19.3 Å². The van der Waals surface area contributed by atoms with E-state index in [0.29, 0.717) is 35.3 Å². The molecule has 1 N–H and O–H groups in total. The lowest BCUT2D eigenvalue weighted by Gasteiger charge is -2.33. The summed E-state index contributed by atoms with van der Waals surface area (Å²) in [4.78, 5) is 12.6. The van der Waals surface area contributed by atoms with Gasteiger partial charge in [0.25, 0.3) is 0 Å². The number of hydrogen-bond acceptors (Lipinski definition) is 5. The van der Waals surface area contributed by atoms with Gasteiger partial charge >= 0.3 is 11.0 Å². The number of sulfonamides is 1. The molecular formula is C11H16F3N3O3S2. The van der Waals surface area contributed by atoms with Gasteiger partial charge in [-0.1, -0.05) is 11.3 Å². The number of aromatic nitrogens is 1. The largest absolute Gasteiger partial charge is 0.432 e. The number of piperidine rings is 1. The maximum absolute atomic E-state index is 12.9. The molecule has 0 bridgehead atoms. The Morgan fingerprint density at radius 3 is 2.73 bits per heavy atom. The number of nitrogens with zero attached hydrogens (tertiary/aromatic N) is 2. The number of rotatable bonds is 4. The van der Waals surface area contributed by atoms with Crippen molar-refractivity contribution in [2.24, 2.45) is 0 Å². The molecule has 1 aliphatic rings. The van der Waals surface area contributed by atoms with Crippen LogP contribution in [0.5, 0.6) is 0 Å². The Kier molecular flexibility index (Phi) is 5.00. The fourth-order valence-corrected chi connectivity index (χ4v) is 4.02. The molecule has 1 atom stereocenters. The van der Waals surface area contributed by atoms with E-state index < -0.39 is 26.8 Å². The molecule has 22 heavy (non-hydrogen) atoms. The second kappa shape index (κ2) is 6.30. The van der Waals surface area contributed by atoms with Gasteiger partial charge < -0.3 is 0 Å². The zero-order valence-corrected chi connectivity index (χ0v) is 13.4. The Bertz CT molecular complexity index is 681. The number of halogens is 3. The molecule has 2 rings (SSSR count). The number of alkyl halides is 3. The normalized spacial score (nSPS) is 21.2. The number of thiazole rings is 1. The SMILES string of the molecule is CS(=O)(=O)NC1CCCN(Cn2c(C(F)(F)F)csc2=O)C1. The standard InChI is InChI=1S/C11H16F3N3O3S2/c1-22(19,20)15-8-3-2-4-16(5-8)7-17-9(11(12,13)14)6-21-10(17)18/h6,8,15H,2-5,7H2,1H3. The molecule has 0 spiro atoms. The lowest BCUT2D eigenvalue weighted by molar-refractivity contribution is -0.144. The summed E-state index contributed by atoms with van der Waals surface area (Å²) in [7, 11) is -3.37. The highest BCUT2D eigenvalue weighted by Crippen LogP contribution is 2.29. The Morgan fingerprint density at radius 2 is 2.14 bits per heavy atom. The molecule has 6 nitrogen and oxygen atoms in total. The van der Waals surface area contributed by atoms with E-state index in [1.165, 1.54) is 0 Å². The fraction of sp³-hybridized carbons (Fsp3) is 0.727. The van der Waals surface area contributed by atoms with E-state index in [1.807, 2.05) is 0 Å². The zero-order chi connectivity index (χ0) is 16.5. The molecule has 11 heteroatoms. The van der Waals surface area contributed by atoms with Gasteiger partial charge in [-0.25, -0.2) is 13.1 Å². The lowest BCUT2D eigenvalue weighted by atomic mass is 10.1. The van der Waals surface area contributed by atoms with Gasteiger partial charge in [0.15, 0.2) is 0 Å². The number of likely N-dealkylation sites (tertiary alicyclic amines) is 1. The molecular weight excluding hydrogens is 343 g/mol. The summed E-state index contributed by atoms with van der Waals surface area (Å²) < 4.78 is 64.2. The summed E-state index contributed by atoms with van der Waals surface area (Å²) in [5.74, 6) is 0. The summed E-state index contributed by atoms with van der Waals surface area (Å²) in [6.07, 6.45) is -2.28. The zero-order valence-electron chi connectivity index (χ0n) is 11.8. The van der Waals surface area contributed by atoms with Gasteiger partial charge in [0.2, 0.25) is 10.0 Å². The monoisotopic (exact) mass is 359 g/mol. The van der Waals surface area contributed by atoms with Crippen LogP contribution in [-0.4, -0.2) is 43.3 Å². The first-order valence-electron chi connectivity index (χ1n) is 6.51. The van der Waals surface area contributed by atoms with Crippen LogP contribution in [0.1, 0.15) is 18.5 Å². The van der Waals surface area contributed by atoms with Crippen molar-refractivity contribution in [1.82, 2.24) is 14.2 Å². The fourth-order valence-electron chi connectivity index (χ4n) is 2.47. The summed E-state index contributed by atoms with van der Waals surface area (Å²) in [5.41, 5.74) is -0.972. The molecule has 0 saturated carbocycles. The highest BCUT2D eigenvalue weighted by Gasteiger charge is 2.36. The average molecular weight is 359 g/mol. The molecule has 0 radical (unpaired) electrons. The van der Waals surface area contributed by atoms with Crippen LogP contribution in [0.25, 0.3) is 0 Å². The van der Waals surface area contributed by atoms with E-state index >= 15 is 0 Å². The van der Waals surface area contributed by atoms with Crippen molar-refractivity contribution in [2.45, 2.75) is 31.7 Å². The van der Waals surface area contributed by atoms with Crippen molar-refractivity contribution < 1.29 is 21.6 Å². The molecule has 2 heterocycles. The molecule has 1 unspecified atom stereocenters. The van der Waals surface area contributed by atoms with Gasteiger partial charge in [0.05, 0.1) is 12.9 Å². The number of nitrogens with one attached hydrogen (secondary N) is 1.